The summed E-state index contributed by atoms with van der Waals surface area (Å²) in [7, 11) is 1.30. The van der Waals surface area contributed by atoms with Crippen LogP contribution in [0.25, 0.3) is 0 Å². The van der Waals surface area contributed by atoms with Gasteiger partial charge in [0.1, 0.15) is 14.8 Å². The zero-order valence-electron chi connectivity index (χ0n) is 5.47. The quantitative estimate of drug-likeness (QED) is 0.534. The number of hydrogen-bond acceptors (Lipinski definition) is 3. The third kappa shape index (κ3) is 1.62. The minimum Gasteiger partial charge on any atom is -0.465 e. The van der Waals surface area contributed by atoms with E-state index >= 15 is 0 Å². The normalized spacial score (nSPS) is 16.1. The van der Waals surface area contributed by atoms with E-state index in [4.69, 9.17) is 0 Å². The molecule has 0 N–H and O–H groups in total. The van der Waals surface area contributed by atoms with Gasteiger partial charge in [-0.3, -0.25) is 0 Å². The highest BCUT2D eigenvalue weighted by atomic mass is 79.9. The van der Waals surface area contributed by atoms with Crippen LogP contribution in [0.4, 0.5) is 0 Å². The average Bonchev–Trinajstić information content (AvgIpc) is 2.30. The fourth-order valence-electron chi connectivity index (χ4n) is 0.543. The molecule has 0 amide bonds. The van der Waals surface area contributed by atoms with Crippen molar-refractivity contribution in [2.45, 2.75) is 0 Å². The molecule has 1 heterocycles. The van der Waals surface area contributed by atoms with E-state index in [9.17, 15) is 4.79 Å². The van der Waals surface area contributed by atoms with Gasteiger partial charge in [0, 0.05) is 0 Å². The van der Waals surface area contributed by atoms with E-state index in [1.807, 2.05) is 0 Å². The lowest BCUT2D eigenvalue weighted by Gasteiger charge is -1.96. The molecule has 1 aliphatic rings. The van der Waals surface area contributed by atoms with Crippen LogP contribution in [-0.2, 0) is 9.53 Å². The fraction of sp³-hybridized carbons (Fsp3) is 0.200. The number of ether oxygens (including phenoxy) is 1. The van der Waals surface area contributed by atoms with Crippen molar-refractivity contribution in [3.63, 3.8) is 0 Å². The molecule has 0 aliphatic carbocycles. The number of nitrogens with zero attached hydrogens (tertiary/aromatic N) is 2. The Morgan fingerprint density at radius 1 is 1.55 bits per heavy atom. The van der Waals surface area contributed by atoms with Gasteiger partial charge in [-0.15, -0.1) is 10.5 Å². The molecule has 0 aromatic heterocycles. The second kappa shape index (κ2) is 3.36. The summed E-state index contributed by atoms with van der Waals surface area (Å²) < 4.78 is 5.25. The summed E-state index contributed by atoms with van der Waals surface area (Å²) in [5.74, 6) is -0.464. The molecule has 4 nitrogen and oxygen atoms in total. The molecule has 11 heavy (non-hydrogen) atoms. The molecule has 0 unspecified atom stereocenters. The van der Waals surface area contributed by atoms with Gasteiger partial charge in [-0.1, -0.05) is 0 Å². The number of methoxy groups -OCH3 is 1. The Morgan fingerprint density at radius 2 is 2.18 bits per heavy atom. The average molecular weight is 283 g/mol. The van der Waals surface area contributed by atoms with Gasteiger partial charge in [0.2, 0.25) is 0 Å². The summed E-state index contributed by atoms with van der Waals surface area (Å²) in [6, 6.07) is 0. The molecule has 1 radical (unpaired) electrons. The van der Waals surface area contributed by atoms with Crippen molar-refractivity contribution in [1.82, 2.24) is 5.43 Å². The minimum absolute atomic E-state index is 0.313. The van der Waals surface area contributed by atoms with Crippen LogP contribution in [0.3, 0.4) is 0 Å². The molecule has 0 fully saturated rings. The van der Waals surface area contributed by atoms with E-state index in [1.54, 1.807) is 0 Å². The van der Waals surface area contributed by atoms with Crippen molar-refractivity contribution in [1.29, 1.82) is 0 Å². The van der Waals surface area contributed by atoms with Crippen molar-refractivity contribution in [3.8, 4) is 0 Å². The Kier molecular flexibility index (Phi) is 2.67. The molecule has 59 valence electrons. The lowest BCUT2D eigenvalue weighted by molar-refractivity contribution is -0.135. The second-order valence-corrected chi connectivity index (χ2v) is 3.15. The Morgan fingerprint density at radius 3 is 2.55 bits per heavy atom. The number of hydrogen-bond donors (Lipinski definition) is 0. The Balaban J connectivity index is 2.93. The van der Waals surface area contributed by atoms with E-state index in [1.165, 1.54) is 7.11 Å². The zero-order chi connectivity index (χ0) is 8.43. The first-order valence-corrected chi connectivity index (χ1v) is 4.18. The molecule has 1 rings (SSSR count). The Bertz CT molecular complexity index is 259. The standard InChI is InChI=1S/C5H3Br2N2O2/c1-11-5(10)2-3(6)8-9-4(2)7/h1H3. The van der Waals surface area contributed by atoms with Crippen LogP contribution in [0.2, 0.25) is 0 Å². The van der Waals surface area contributed by atoms with Crippen molar-refractivity contribution in [2.75, 3.05) is 7.11 Å². The summed E-state index contributed by atoms with van der Waals surface area (Å²) in [6.45, 7) is 0. The number of carbonyl (C=O) groups excluding carboxylic acids is 1. The topological polar surface area (TPSA) is 52.8 Å². The maximum atomic E-state index is 11.0. The second-order valence-electron chi connectivity index (χ2n) is 1.65. The summed E-state index contributed by atoms with van der Waals surface area (Å²) in [5, 5.41) is 3.60. The van der Waals surface area contributed by atoms with Crippen LogP contribution in [0.5, 0.6) is 0 Å². The van der Waals surface area contributed by atoms with Gasteiger partial charge in [-0.25, -0.2) is 4.79 Å². The predicted molar refractivity (Wildman–Crippen MR) is 46.5 cm³/mol. The first-order chi connectivity index (χ1) is 5.16. The predicted octanol–water partition coefficient (Wildman–Crippen LogP) is 1.09. The van der Waals surface area contributed by atoms with Gasteiger partial charge < -0.3 is 4.74 Å². The summed E-state index contributed by atoms with van der Waals surface area (Å²) >= 11 is 6.11. The molecule has 0 aromatic carbocycles. The van der Waals surface area contributed by atoms with Crippen molar-refractivity contribution >= 4 is 42.5 Å². The van der Waals surface area contributed by atoms with E-state index in [0.29, 0.717) is 14.8 Å². The summed E-state index contributed by atoms with van der Waals surface area (Å²) in [4.78, 5) is 11.0. The van der Waals surface area contributed by atoms with Gasteiger partial charge in [-0.2, -0.15) is 0 Å². The third-order valence-corrected chi connectivity index (χ3v) is 2.14. The van der Waals surface area contributed by atoms with E-state index < -0.39 is 5.97 Å². The first kappa shape index (κ1) is 8.73. The van der Waals surface area contributed by atoms with Crippen LogP contribution in [0, 0.1) is 0 Å². The zero-order valence-corrected chi connectivity index (χ0v) is 8.64. The van der Waals surface area contributed by atoms with Crippen molar-refractivity contribution in [3.05, 3.63) is 10.2 Å². The molecular formula is C5H3Br2N2O2. The SMILES string of the molecule is COC(=O)C1=C(Br)[N]N=C1Br. The maximum absolute atomic E-state index is 11.0. The molecule has 0 saturated heterocycles. The number of esters is 1. The summed E-state index contributed by atoms with van der Waals surface area (Å²) in [5.41, 5.74) is 3.92. The van der Waals surface area contributed by atoms with Crippen LogP contribution in [0.1, 0.15) is 0 Å². The monoisotopic (exact) mass is 281 g/mol. The van der Waals surface area contributed by atoms with Crippen LogP contribution >= 0.6 is 31.9 Å². The van der Waals surface area contributed by atoms with Gasteiger partial charge in [0.05, 0.1) is 7.11 Å². The molecule has 0 spiro atoms. The fourth-order valence-corrected chi connectivity index (χ4v) is 1.67. The Labute approximate surface area is 79.9 Å². The minimum atomic E-state index is -0.464. The van der Waals surface area contributed by atoms with Crippen LogP contribution < -0.4 is 5.43 Å². The van der Waals surface area contributed by atoms with E-state index in [-0.39, 0.29) is 0 Å². The molecular weight excluding hydrogens is 280 g/mol. The highest BCUT2D eigenvalue weighted by Gasteiger charge is 2.24. The lowest BCUT2D eigenvalue weighted by atomic mass is 10.3. The molecule has 0 atom stereocenters. The largest absolute Gasteiger partial charge is 0.465 e. The van der Waals surface area contributed by atoms with Gasteiger partial charge in [0.15, 0.2) is 0 Å². The highest BCUT2D eigenvalue weighted by molar-refractivity contribution is 9.18. The number of halogens is 2. The smallest absolute Gasteiger partial charge is 0.343 e. The van der Waals surface area contributed by atoms with Crippen LogP contribution in [-0.4, -0.2) is 17.7 Å². The van der Waals surface area contributed by atoms with Gasteiger partial charge in [-0.05, 0) is 31.9 Å². The lowest BCUT2D eigenvalue weighted by Crippen LogP contribution is -2.08. The molecule has 6 heteroatoms. The third-order valence-electron chi connectivity index (χ3n) is 1.03. The van der Waals surface area contributed by atoms with Crippen molar-refractivity contribution < 1.29 is 9.53 Å². The van der Waals surface area contributed by atoms with E-state index in [0.717, 1.165) is 0 Å². The Hall–Kier alpha value is -0.360. The number of rotatable bonds is 1. The molecule has 0 bridgehead atoms. The van der Waals surface area contributed by atoms with Crippen molar-refractivity contribution in [2.24, 2.45) is 5.10 Å². The maximum Gasteiger partial charge on any atom is 0.343 e. The molecule has 1 aliphatic heterocycles. The van der Waals surface area contributed by atoms with Gasteiger partial charge in [0.25, 0.3) is 0 Å². The first-order valence-electron chi connectivity index (χ1n) is 2.59. The van der Waals surface area contributed by atoms with Crippen LogP contribution in [0.15, 0.2) is 15.3 Å². The van der Waals surface area contributed by atoms with E-state index in [2.05, 4.69) is 47.1 Å². The molecule has 0 saturated carbocycles. The highest BCUT2D eigenvalue weighted by Crippen LogP contribution is 2.21. The molecule has 0 aromatic rings. The summed E-state index contributed by atoms with van der Waals surface area (Å²) in [6.07, 6.45) is 0. The number of carbonyl (C=O) groups is 1. The van der Waals surface area contributed by atoms with Gasteiger partial charge >= 0.3 is 5.97 Å².